The third-order valence-corrected chi connectivity index (χ3v) is 10.2. The molecule has 6 nitrogen and oxygen atoms in total. The van der Waals surface area contributed by atoms with Crippen molar-refractivity contribution in [3.63, 3.8) is 0 Å². The van der Waals surface area contributed by atoms with Crippen molar-refractivity contribution in [2.24, 2.45) is 5.41 Å². The van der Waals surface area contributed by atoms with Crippen LogP contribution >= 0.6 is 0 Å². The number of fused-ring (bicyclic) bond motifs is 1. The molecular weight excluding hydrogens is 508 g/mol. The number of anilines is 1. The lowest BCUT2D eigenvalue weighted by Gasteiger charge is -2.47. The molecule has 41 heavy (non-hydrogen) atoms. The lowest BCUT2D eigenvalue weighted by Crippen LogP contribution is -2.48. The maximum atomic E-state index is 13.7. The lowest BCUT2D eigenvalue weighted by atomic mass is 9.71. The molecule has 1 aromatic heterocycles. The van der Waals surface area contributed by atoms with Crippen LogP contribution in [0.1, 0.15) is 101 Å². The summed E-state index contributed by atoms with van der Waals surface area (Å²) in [5.74, 6) is 0.669. The summed E-state index contributed by atoms with van der Waals surface area (Å²) in [5, 5.41) is 3.34. The van der Waals surface area contributed by atoms with Gasteiger partial charge in [0, 0.05) is 55.4 Å². The van der Waals surface area contributed by atoms with Crippen LogP contribution in [0.5, 0.6) is 0 Å². The summed E-state index contributed by atoms with van der Waals surface area (Å²) in [6.07, 6.45) is 13.5. The van der Waals surface area contributed by atoms with Gasteiger partial charge < -0.3 is 15.1 Å². The second-order valence-corrected chi connectivity index (χ2v) is 12.7. The summed E-state index contributed by atoms with van der Waals surface area (Å²) in [6, 6.07) is 18.4. The van der Waals surface area contributed by atoms with Crippen molar-refractivity contribution in [1.29, 1.82) is 0 Å². The third kappa shape index (κ3) is 5.37. The van der Waals surface area contributed by atoms with Crippen molar-refractivity contribution in [1.82, 2.24) is 15.2 Å². The van der Waals surface area contributed by atoms with Gasteiger partial charge in [-0.15, -0.1) is 0 Å². The molecule has 0 radical (unpaired) electrons. The Bertz CT molecular complexity index is 1420. The van der Waals surface area contributed by atoms with Gasteiger partial charge in [0.25, 0.3) is 11.8 Å². The van der Waals surface area contributed by atoms with Crippen LogP contribution in [0.15, 0.2) is 67.0 Å². The number of nitrogens with zero attached hydrogens (tertiary/aromatic N) is 3. The molecule has 4 aliphatic rings. The molecule has 2 aliphatic heterocycles. The number of nitrogens with one attached hydrogen (secondary N) is 1. The molecule has 1 saturated carbocycles. The summed E-state index contributed by atoms with van der Waals surface area (Å²) in [4.78, 5) is 35.8. The summed E-state index contributed by atoms with van der Waals surface area (Å²) >= 11 is 0. The number of aryl methyl sites for hydroxylation is 1. The van der Waals surface area contributed by atoms with Gasteiger partial charge in [0.1, 0.15) is 0 Å². The van der Waals surface area contributed by atoms with Gasteiger partial charge in [-0.25, -0.2) is 0 Å². The van der Waals surface area contributed by atoms with Gasteiger partial charge in [0.05, 0.1) is 6.04 Å². The van der Waals surface area contributed by atoms with Crippen LogP contribution in [0.25, 0.3) is 0 Å². The number of piperidine rings is 2. The van der Waals surface area contributed by atoms with Crippen molar-refractivity contribution >= 4 is 17.5 Å². The molecule has 2 amide bonds. The van der Waals surface area contributed by atoms with Crippen LogP contribution in [0, 0.1) is 5.41 Å². The normalized spacial score (nSPS) is 21.8. The van der Waals surface area contributed by atoms with Crippen molar-refractivity contribution < 1.29 is 9.59 Å². The molecular formula is C35H40N4O2. The van der Waals surface area contributed by atoms with E-state index in [1.165, 1.54) is 42.5 Å². The minimum Gasteiger partial charge on any atom is -0.371 e. The molecule has 3 fully saturated rings. The predicted octanol–water partition coefficient (Wildman–Crippen LogP) is 6.29. The van der Waals surface area contributed by atoms with E-state index >= 15 is 0 Å². The first kappa shape index (κ1) is 26.2. The molecule has 2 saturated heterocycles. The van der Waals surface area contributed by atoms with E-state index in [0.717, 1.165) is 75.0 Å². The van der Waals surface area contributed by atoms with Gasteiger partial charge in [-0.2, -0.15) is 0 Å². The molecule has 3 heterocycles. The largest absolute Gasteiger partial charge is 0.371 e. The minimum atomic E-state index is -0.0542. The number of carbonyl (C=O) groups is 2. The third-order valence-electron chi connectivity index (χ3n) is 10.2. The maximum absolute atomic E-state index is 13.7. The van der Waals surface area contributed by atoms with Crippen LogP contribution in [0.2, 0.25) is 0 Å². The molecule has 1 N–H and O–H groups in total. The van der Waals surface area contributed by atoms with Gasteiger partial charge in [-0.1, -0.05) is 24.3 Å². The quantitative estimate of drug-likeness (QED) is 0.407. The first-order chi connectivity index (χ1) is 20.1. The molecule has 7 rings (SSSR count). The highest BCUT2D eigenvalue weighted by molar-refractivity contribution is 5.97. The Labute approximate surface area is 243 Å². The Morgan fingerprint density at radius 1 is 0.829 bits per heavy atom. The fraction of sp³-hybridized carbons (Fsp3) is 0.457. The fourth-order valence-corrected chi connectivity index (χ4v) is 7.43. The molecule has 6 heteroatoms. The molecule has 212 valence electrons. The second-order valence-electron chi connectivity index (χ2n) is 12.7. The smallest absolute Gasteiger partial charge is 0.253 e. The number of benzene rings is 2. The van der Waals surface area contributed by atoms with Crippen LogP contribution in [-0.4, -0.2) is 47.9 Å². The van der Waals surface area contributed by atoms with E-state index < -0.39 is 0 Å². The molecule has 3 aromatic rings. The monoisotopic (exact) mass is 548 g/mol. The number of hydrogen-bond acceptors (Lipinski definition) is 4. The standard InChI is InChI=1S/C35H40N4O2/c40-33(30-6-2-1-5-29(30)26-8-9-26)37-32-7-3-4-25-10-11-27(24-31(25)32)34(41)39-22-16-35(17-23-39)14-20-38(21-15-35)28-12-18-36-19-13-28/h1-2,5-6,10-13,18-19,24,26,32H,3-4,7-9,14-17,20-23H2,(H,37,40)/t32-/m0/s1. The van der Waals surface area contributed by atoms with Gasteiger partial charge in [-0.3, -0.25) is 14.6 Å². The average Bonchev–Trinajstić information content (AvgIpc) is 3.88. The Morgan fingerprint density at radius 2 is 1.56 bits per heavy atom. The van der Waals surface area contributed by atoms with E-state index in [1.54, 1.807) is 0 Å². The topological polar surface area (TPSA) is 65.5 Å². The summed E-state index contributed by atoms with van der Waals surface area (Å²) in [7, 11) is 0. The number of rotatable bonds is 5. The van der Waals surface area contributed by atoms with E-state index in [-0.39, 0.29) is 17.9 Å². The van der Waals surface area contributed by atoms with Crippen LogP contribution in [-0.2, 0) is 6.42 Å². The number of carbonyl (C=O) groups excluding carboxylic acids is 2. The molecule has 2 aromatic carbocycles. The fourth-order valence-electron chi connectivity index (χ4n) is 7.43. The van der Waals surface area contributed by atoms with Gasteiger partial charge in [0.2, 0.25) is 0 Å². The Morgan fingerprint density at radius 3 is 2.32 bits per heavy atom. The number of pyridine rings is 1. The highest BCUT2D eigenvalue weighted by atomic mass is 16.2. The SMILES string of the molecule is O=C(N[C@H]1CCCc2ccc(C(=O)N3CCC4(CC3)CCN(c3ccncc3)CC4)cc21)c1ccccc1C1CC1. The maximum Gasteiger partial charge on any atom is 0.253 e. The Kier molecular flexibility index (Phi) is 7.01. The molecule has 1 atom stereocenters. The zero-order chi connectivity index (χ0) is 27.8. The Hall–Kier alpha value is -3.67. The molecule has 0 unspecified atom stereocenters. The van der Waals surface area contributed by atoms with E-state index in [2.05, 4.69) is 50.4 Å². The predicted molar refractivity (Wildman–Crippen MR) is 161 cm³/mol. The van der Waals surface area contributed by atoms with Gasteiger partial charge in [-0.05, 0) is 116 Å². The minimum absolute atomic E-state index is 0.0124. The molecule has 2 aliphatic carbocycles. The molecule has 0 bridgehead atoms. The first-order valence-electron chi connectivity index (χ1n) is 15.6. The number of likely N-dealkylation sites (tertiary alicyclic amines) is 1. The Balaban J connectivity index is 1.00. The van der Waals surface area contributed by atoms with Crippen LogP contribution < -0.4 is 10.2 Å². The van der Waals surface area contributed by atoms with Gasteiger partial charge >= 0.3 is 0 Å². The van der Waals surface area contributed by atoms with E-state index in [0.29, 0.717) is 11.3 Å². The zero-order valence-corrected chi connectivity index (χ0v) is 23.9. The van der Waals surface area contributed by atoms with Crippen LogP contribution in [0.3, 0.4) is 0 Å². The molecule has 1 spiro atoms. The number of hydrogen-bond donors (Lipinski definition) is 1. The zero-order valence-electron chi connectivity index (χ0n) is 23.9. The number of amides is 2. The van der Waals surface area contributed by atoms with E-state index in [1.807, 2.05) is 36.7 Å². The van der Waals surface area contributed by atoms with Crippen molar-refractivity contribution in [2.75, 3.05) is 31.1 Å². The first-order valence-corrected chi connectivity index (χ1v) is 15.6. The average molecular weight is 549 g/mol. The van der Waals surface area contributed by atoms with Crippen LogP contribution in [0.4, 0.5) is 5.69 Å². The van der Waals surface area contributed by atoms with Crippen molar-refractivity contribution in [3.05, 3.63) is 94.8 Å². The van der Waals surface area contributed by atoms with Gasteiger partial charge in [0.15, 0.2) is 0 Å². The van der Waals surface area contributed by atoms with E-state index in [4.69, 9.17) is 0 Å². The van der Waals surface area contributed by atoms with E-state index in [9.17, 15) is 9.59 Å². The summed E-state index contributed by atoms with van der Waals surface area (Å²) < 4.78 is 0. The van der Waals surface area contributed by atoms with Crippen molar-refractivity contribution in [2.45, 2.75) is 69.7 Å². The summed E-state index contributed by atoms with van der Waals surface area (Å²) in [5.41, 5.74) is 6.73. The number of aromatic nitrogens is 1. The highest BCUT2D eigenvalue weighted by Gasteiger charge is 2.39. The summed E-state index contributed by atoms with van der Waals surface area (Å²) in [6.45, 7) is 3.79. The highest BCUT2D eigenvalue weighted by Crippen LogP contribution is 2.43. The lowest BCUT2D eigenvalue weighted by molar-refractivity contribution is 0.0515. The second kappa shape index (κ2) is 11.0. The van der Waals surface area contributed by atoms with Crippen molar-refractivity contribution in [3.8, 4) is 0 Å².